The first-order chi connectivity index (χ1) is 14.8. The molecule has 0 amide bonds. The van der Waals surface area contributed by atoms with E-state index < -0.39 is 16.6 Å². The zero-order valence-electron chi connectivity index (χ0n) is 25.7. The average molecular weight is 558 g/mol. The van der Waals surface area contributed by atoms with Crippen LogP contribution in [-0.4, -0.2) is 29.8 Å². The molecule has 0 aromatic carbocycles. The molecule has 0 fully saturated rings. The molecular weight excluding hydrogens is 504 g/mol. The predicted molar refractivity (Wildman–Crippen MR) is 146 cm³/mol. The third-order valence-corrected chi connectivity index (χ3v) is 18.9. The van der Waals surface area contributed by atoms with Gasteiger partial charge in [0.05, 0.1) is 0 Å². The van der Waals surface area contributed by atoms with E-state index in [0.717, 1.165) is 26.1 Å². The van der Waals surface area contributed by atoms with Gasteiger partial charge in [0, 0.05) is 13.2 Å². The fraction of sp³-hybridized carbons (Fsp3) is 0.815. The quantitative estimate of drug-likeness (QED) is 0.187. The van der Waals surface area contributed by atoms with E-state index in [1.54, 1.807) is 12.2 Å². The van der Waals surface area contributed by atoms with Crippen LogP contribution in [0.2, 0.25) is 33.2 Å². The minimum Gasteiger partial charge on any atom is -0.518 e. The fourth-order valence-electron chi connectivity index (χ4n) is 5.61. The van der Waals surface area contributed by atoms with Gasteiger partial charge in [-0.25, -0.2) is 0 Å². The zero-order chi connectivity index (χ0) is 26.1. The van der Waals surface area contributed by atoms with Gasteiger partial charge in [0.25, 0.3) is 0 Å². The van der Waals surface area contributed by atoms with Gasteiger partial charge >= 0.3 is 54.8 Å². The minimum absolute atomic E-state index is 0. The van der Waals surface area contributed by atoms with Gasteiger partial charge in [-0.3, -0.25) is 12.2 Å². The van der Waals surface area contributed by atoms with Crippen molar-refractivity contribution in [2.45, 2.75) is 129 Å². The van der Waals surface area contributed by atoms with Crippen molar-refractivity contribution < 1.29 is 63.6 Å². The van der Waals surface area contributed by atoms with Crippen molar-refractivity contribution in [1.29, 1.82) is 5.26 Å². The molecule has 8 heteroatoms. The predicted octanol–water partition coefficient (Wildman–Crippen LogP) is 3.22. The van der Waals surface area contributed by atoms with Gasteiger partial charge < -0.3 is 33.8 Å². The van der Waals surface area contributed by atoms with Crippen LogP contribution < -0.4 is 37.7 Å². The summed E-state index contributed by atoms with van der Waals surface area (Å²) < 4.78 is 12.6. The van der Waals surface area contributed by atoms with Crippen LogP contribution in [0.3, 0.4) is 0 Å². The molecule has 0 N–H and O–H groups in total. The minimum atomic E-state index is -1.64. The summed E-state index contributed by atoms with van der Waals surface area (Å²) in [5.74, 6) is 0. The van der Waals surface area contributed by atoms with Crippen LogP contribution in [0.4, 0.5) is 0 Å². The van der Waals surface area contributed by atoms with Gasteiger partial charge in [-0.05, 0) is 46.1 Å². The largest absolute Gasteiger partial charge is 1.00 e. The molecule has 0 radical (unpaired) electrons. The van der Waals surface area contributed by atoms with Crippen LogP contribution >= 0.6 is 0 Å². The second kappa shape index (κ2) is 26.6. The van der Waals surface area contributed by atoms with E-state index in [2.05, 4.69) is 83.1 Å². The molecule has 0 bridgehead atoms. The Morgan fingerprint density at radius 2 is 0.743 bits per heavy atom. The van der Waals surface area contributed by atoms with Crippen molar-refractivity contribution in [3.8, 4) is 0 Å². The summed E-state index contributed by atoms with van der Waals surface area (Å²) in [5.41, 5.74) is 3.97. The average Bonchev–Trinajstić information content (AvgIpc) is 2.69. The van der Waals surface area contributed by atoms with Gasteiger partial charge in [0.2, 0.25) is 0 Å². The molecule has 35 heavy (non-hydrogen) atoms. The van der Waals surface area contributed by atoms with Gasteiger partial charge in [-0.2, -0.15) is 0 Å². The molecule has 3 nitrogen and oxygen atoms in total. The Morgan fingerprint density at radius 1 is 0.571 bits per heavy atom. The molecule has 0 rings (SSSR count). The Labute approximate surface area is 258 Å². The van der Waals surface area contributed by atoms with Crippen molar-refractivity contribution in [3.05, 3.63) is 31.9 Å². The molecule has 0 aliphatic heterocycles. The third-order valence-electron chi connectivity index (χ3n) is 6.69. The normalized spacial score (nSPS) is 11.1. The second-order valence-corrected chi connectivity index (χ2v) is 21.3. The molecule has 0 aromatic heterocycles. The number of hydrogen-bond acceptors (Lipinski definition) is 3. The summed E-state index contributed by atoms with van der Waals surface area (Å²) >= 11 is 0. The van der Waals surface area contributed by atoms with Crippen LogP contribution in [0.25, 0.3) is 0 Å². The molecule has 0 aromatic rings. The van der Waals surface area contributed by atoms with E-state index in [0.29, 0.717) is 33.2 Å². The summed E-state index contributed by atoms with van der Waals surface area (Å²) in [5, 5.41) is 6.25. The molecule has 200 valence electrons. The summed E-state index contributed by atoms with van der Waals surface area (Å²) in [6.45, 7) is 44.8. The maximum atomic E-state index is 6.28. The number of rotatable bonds is 14. The van der Waals surface area contributed by atoms with Crippen LogP contribution in [-0.2, 0) is 25.9 Å². The molecule has 0 aliphatic rings. The topological polar surface area (TPSA) is 42.2 Å². The number of nitrogens with zero attached hydrogens (tertiary/aromatic N) is 1. The first kappa shape index (κ1) is 49.0. The monoisotopic (exact) mass is 557 g/mol. The van der Waals surface area contributed by atoms with E-state index >= 15 is 0 Å². The van der Waals surface area contributed by atoms with Gasteiger partial charge in [0.1, 0.15) is 0 Å². The Balaban J connectivity index is -0.000000104. The summed E-state index contributed by atoms with van der Waals surface area (Å²) in [7, 11) is -3.28. The Hall–Kier alpha value is 1.04. The summed E-state index contributed by atoms with van der Waals surface area (Å²) in [4.78, 5) is 0. The molecule has 0 atom stereocenters. The Bertz CT molecular complexity index is 429. The summed E-state index contributed by atoms with van der Waals surface area (Å²) in [6, 6.07) is 0. The van der Waals surface area contributed by atoms with Gasteiger partial charge in [-0.15, -0.1) is 0 Å². The van der Waals surface area contributed by atoms with E-state index in [1.165, 1.54) is 0 Å². The first-order valence-electron chi connectivity index (χ1n) is 12.4. The van der Waals surface area contributed by atoms with Crippen LogP contribution in [0, 0.1) is 25.0 Å². The van der Waals surface area contributed by atoms with Crippen LogP contribution in [0.15, 0.2) is 12.2 Å². The zero-order valence-corrected chi connectivity index (χ0v) is 28.6. The standard InChI is InChI=1S/2C13H27OSi.CN.Cu.2Li/c2*1-8-9-10-14-15(11(2)3,12(4)5)13(6)7;1-2;;;/h2*1,8,11-13H,9-10H2,2-7H3;;;;/q3*-1;3*+1. The van der Waals surface area contributed by atoms with Crippen LogP contribution in [0.1, 0.15) is 95.9 Å². The fourth-order valence-corrected chi connectivity index (χ4v) is 16.6. The second-order valence-electron chi connectivity index (χ2n) is 10.4. The molecule has 0 unspecified atom stereocenters. The van der Waals surface area contributed by atoms with Crippen LogP contribution in [0.5, 0.6) is 0 Å². The van der Waals surface area contributed by atoms with Crippen molar-refractivity contribution in [1.82, 2.24) is 0 Å². The number of hydrogen-bond donors (Lipinski definition) is 0. The van der Waals surface area contributed by atoms with Crippen molar-refractivity contribution >= 4 is 16.6 Å². The third kappa shape index (κ3) is 15.9. The van der Waals surface area contributed by atoms with Gasteiger partial charge in [-0.1, -0.05) is 83.1 Å². The van der Waals surface area contributed by atoms with Gasteiger partial charge in [0.15, 0.2) is 16.6 Å². The SMILES string of the molecule is [C-]#N.[CH-]=CCCO[Si](C(C)C)(C(C)C)C(C)C.[CH-]=CCCO[Si](C(C)C)(C(C)C)C(C)C.[Cu+].[Li+].[Li+]. The smallest absolute Gasteiger partial charge is 0.518 e. The summed E-state index contributed by atoms with van der Waals surface area (Å²) in [6.07, 6.45) is 5.11. The first-order valence-corrected chi connectivity index (χ1v) is 16.6. The molecule has 0 heterocycles. The molecule has 0 spiro atoms. The van der Waals surface area contributed by atoms with Crippen molar-refractivity contribution in [2.75, 3.05) is 13.2 Å². The molecular formula is C27H54CuLi2NO2Si2. The van der Waals surface area contributed by atoms with E-state index in [-0.39, 0.29) is 54.8 Å². The van der Waals surface area contributed by atoms with Crippen molar-refractivity contribution in [3.63, 3.8) is 0 Å². The van der Waals surface area contributed by atoms with E-state index in [4.69, 9.17) is 33.8 Å². The Kier molecular flexibility index (Phi) is 37.3. The van der Waals surface area contributed by atoms with Crippen molar-refractivity contribution in [2.24, 2.45) is 0 Å². The maximum Gasteiger partial charge on any atom is 1.00 e. The maximum absolute atomic E-state index is 6.28. The molecule has 0 saturated carbocycles. The van der Waals surface area contributed by atoms with E-state index in [1.807, 2.05) is 0 Å². The Morgan fingerprint density at radius 3 is 0.857 bits per heavy atom. The molecule has 0 saturated heterocycles. The molecule has 0 aliphatic carbocycles. The van der Waals surface area contributed by atoms with E-state index in [9.17, 15) is 0 Å².